The van der Waals surface area contributed by atoms with Crippen LogP contribution in [0.5, 0.6) is 0 Å². The molecule has 34 heavy (non-hydrogen) atoms. The first-order valence-corrected chi connectivity index (χ1v) is 11.2. The van der Waals surface area contributed by atoms with Gasteiger partial charge in [-0.2, -0.15) is 0 Å². The summed E-state index contributed by atoms with van der Waals surface area (Å²) in [5, 5.41) is 16.5. The Bertz CT molecular complexity index is 910. The van der Waals surface area contributed by atoms with Crippen molar-refractivity contribution in [2.75, 3.05) is 13.1 Å². The maximum Gasteiger partial charge on any atom is 0.325 e. The van der Waals surface area contributed by atoms with E-state index in [0.29, 0.717) is 31.6 Å². The number of hydrogen-bond donors (Lipinski definition) is 4. The van der Waals surface area contributed by atoms with Crippen molar-refractivity contribution in [2.45, 2.75) is 58.2 Å². The molecule has 4 N–H and O–H groups in total. The zero-order chi connectivity index (χ0) is 25.3. The van der Waals surface area contributed by atoms with Crippen molar-refractivity contribution in [2.24, 2.45) is 5.92 Å². The molecule has 11 heteroatoms. The van der Waals surface area contributed by atoms with E-state index in [1.807, 2.05) is 13.8 Å². The Morgan fingerprint density at radius 3 is 2.56 bits per heavy atom. The summed E-state index contributed by atoms with van der Waals surface area (Å²) in [6.45, 7) is 5.14. The number of carbonyl (C=O) groups excluding carboxylic acids is 4. The molecule has 0 aliphatic carbocycles. The van der Waals surface area contributed by atoms with Crippen LogP contribution in [0.2, 0.25) is 0 Å². The molecule has 186 valence electrons. The van der Waals surface area contributed by atoms with E-state index >= 15 is 0 Å². The normalized spacial score (nSPS) is 17.4. The van der Waals surface area contributed by atoms with Crippen LogP contribution in [0.3, 0.4) is 0 Å². The largest absolute Gasteiger partial charge is 0.480 e. The van der Waals surface area contributed by atoms with Gasteiger partial charge in [0.25, 0.3) is 0 Å². The molecule has 0 aromatic carbocycles. The van der Waals surface area contributed by atoms with E-state index in [9.17, 15) is 24.0 Å². The molecule has 11 nitrogen and oxygen atoms in total. The molecule has 0 unspecified atom stereocenters. The van der Waals surface area contributed by atoms with Gasteiger partial charge < -0.3 is 30.4 Å². The second-order valence-electron chi connectivity index (χ2n) is 8.57. The van der Waals surface area contributed by atoms with Crippen LogP contribution in [0.1, 0.15) is 45.8 Å². The van der Waals surface area contributed by atoms with Crippen molar-refractivity contribution in [1.29, 1.82) is 0 Å². The van der Waals surface area contributed by atoms with Gasteiger partial charge in [0.2, 0.25) is 23.6 Å². The SMILES string of the molecule is CC(C)C[C@H](NC(=O)/C=C/c1ccco1)C(=O)NCC(=O)N1CCC[C@H]1C(=O)N[C@@H](C)C(=O)O. The Balaban J connectivity index is 1.93. The third-order valence-corrected chi connectivity index (χ3v) is 5.30. The van der Waals surface area contributed by atoms with Crippen LogP contribution in [0.4, 0.5) is 0 Å². The van der Waals surface area contributed by atoms with Gasteiger partial charge >= 0.3 is 5.97 Å². The van der Waals surface area contributed by atoms with Gasteiger partial charge in [-0.1, -0.05) is 13.8 Å². The first-order chi connectivity index (χ1) is 16.1. The first kappa shape index (κ1) is 26.6. The van der Waals surface area contributed by atoms with Gasteiger partial charge in [-0.05, 0) is 50.3 Å². The number of carbonyl (C=O) groups is 5. The monoisotopic (exact) mass is 476 g/mol. The smallest absolute Gasteiger partial charge is 0.325 e. The fraction of sp³-hybridized carbons (Fsp3) is 0.522. The van der Waals surface area contributed by atoms with Crippen LogP contribution in [-0.4, -0.2) is 70.8 Å². The highest BCUT2D eigenvalue weighted by Gasteiger charge is 2.35. The molecule has 0 bridgehead atoms. The molecule has 2 heterocycles. The molecule has 1 fully saturated rings. The molecule has 1 aliphatic heterocycles. The van der Waals surface area contributed by atoms with Crippen LogP contribution in [-0.2, 0) is 24.0 Å². The second-order valence-corrected chi connectivity index (χ2v) is 8.57. The lowest BCUT2D eigenvalue weighted by atomic mass is 10.0. The zero-order valence-electron chi connectivity index (χ0n) is 19.6. The number of likely N-dealkylation sites (tertiary alicyclic amines) is 1. The second kappa shape index (κ2) is 12.6. The highest BCUT2D eigenvalue weighted by molar-refractivity contribution is 5.96. The fourth-order valence-electron chi connectivity index (χ4n) is 3.56. The number of nitrogens with zero attached hydrogens (tertiary/aromatic N) is 1. The molecule has 3 atom stereocenters. The number of amides is 4. The number of carboxylic acid groups (broad SMARTS) is 1. The number of carboxylic acids is 1. The molecule has 1 aliphatic rings. The van der Waals surface area contributed by atoms with Crippen LogP contribution < -0.4 is 16.0 Å². The van der Waals surface area contributed by atoms with Crippen LogP contribution in [0.15, 0.2) is 28.9 Å². The molecular weight excluding hydrogens is 444 g/mol. The summed E-state index contributed by atoms with van der Waals surface area (Å²) in [5.41, 5.74) is 0. The summed E-state index contributed by atoms with van der Waals surface area (Å²) >= 11 is 0. The lowest BCUT2D eigenvalue weighted by Crippen LogP contribution is -2.53. The van der Waals surface area contributed by atoms with Gasteiger partial charge in [-0.25, -0.2) is 0 Å². The van der Waals surface area contributed by atoms with Crippen LogP contribution in [0, 0.1) is 5.92 Å². The van der Waals surface area contributed by atoms with E-state index in [1.165, 1.54) is 30.2 Å². The van der Waals surface area contributed by atoms with E-state index in [2.05, 4.69) is 16.0 Å². The number of hydrogen-bond acceptors (Lipinski definition) is 6. The topological polar surface area (TPSA) is 158 Å². The Morgan fingerprint density at radius 2 is 1.94 bits per heavy atom. The summed E-state index contributed by atoms with van der Waals surface area (Å²) in [7, 11) is 0. The fourth-order valence-corrected chi connectivity index (χ4v) is 3.56. The minimum atomic E-state index is -1.17. The van der Waals surface area contributed by atoms with Gasteiger partial charge in [-0.3, -0.25) is 24.0 Å². The van der Waals surface area contributed by atoms with Crippen molar-refractivity contribution in [3.05, 3.63) is 30.2 Å². The van der Waals surface area contributed by atoms with Gasteiger partial charge in [0.15, 0.2) is 0 Å². The number of nitrogens with one attached hydrogen (secondary N) is 3. The molecule has 0 saturated carbocycles. The Labute approximate surface area is 197 Å². The molecule has 1 aromatic rings. The number of aliphatic carboxylic acids is 1. The number of rotatable bonds is 11. The maximum atomic E-state index is 12.7. The van der Waals surface area contributed by atoms with E-state index in [1.54, 1.807) is 12.1 Å². The Morgan fingerprint density at radius 1 is 1.21 bits per heavy atom. The van der Waals surface area contributed by atoms with Crippen molar-refractivity contribution < 1.29 is 33.5 Å². The van der Waals surface area contributed by atoms with Gasteiger partial charge in [0.05, 0.1) is 12.8 Å². The summed E-state index contributed by atoms with van der Waals surface area (Å²) in [6, 6.07) is 0.652. The number of furan rings is 1. The first-order valence-electron chi connectivity index (χ1n) is 11.2. The lowest BCUT2D eigenvalue weighted by molar-refractivity contribution is -0.143. The van der Waals surface area contributed by atoms with E-state index in [0.717, 1.165) is 0 Å². The highest BCUT2D eigenvalue weighted by Crippen LogP contribution is 2.17. The summed E-state index contributed by atoms with van der Waals surface area (Å²) in [5.74, 6) is -2.57. The summed E-state index contributed by atoms with van der Waals surface area (Å²) in [6.07, 6.45) is 5.58. The highest BCUT2D eigenvalue weighted by atomic mass is 16.4. The standard InChI is InChI=1S/C23H32N4O7/c1-14(2)12-17(26-19(28)9-8-16-6-5-11-34-16)21(30)24-13-20(29)27-10-4-7-18(27)22(31)25-15(3)23(32)33/h5-6,8-9,11,14-15,17-18H,4,7,10,12-13H2,1-3H3,(H,24,30)(H,25,31)(H,26,28)(H,32,33)/b9-8+/t15-,17-,18-/m0/s1. The quantitative estimate of drug-likeness (QED) is 0.339. The molecule has 0 spiro atoms. The van der Waals surface area contributed by atoms with E-state index in [4.69, 9.17) is 9.52 Å². The average Bonchev–Trinajstić information content (AvgIpc) is 3.47. The zero-order valence-corrected chi connectivity index (χ0v) is 19.6. The minimum absolute atomic E-state index is 0.101. The van der Waals surface area contributed by atoms with Gasteiger partial charge in [0, 0.05) is 12.6 Å². The minimum Gasteiger partial charge on any atom is -0.480 e. The van der Waals surface area contributed by atoms with E-state index < -0.39 is 47.7 Å². The summed E-state index contributed by atoms with van der Waals surface area (Å²) < 4.78 is 5.13. The van der Waals surface area contributed by atoms with Crippen molar-refractivity contribution in [1.82, 2.24) is 20.9 Å². The molecule has 0 radical (unpaired) electrons. The molecule has 4 amide bonds. The lowest BCUT2D eigenvalue weighted by Gasteiger charge is -2.25. The predicted molar refractivity (Wildman–Crippen MR) is 122 cm³/mol. The third-order valence-electron chi connectivity index (χ3n) is 5.30. The van der Waals surface area contributed by atoms with Crippen molar-refractivity contribution in [3.63, 3.8) is 0 Å². The Kier molecular flexibility index (Phi) is 9.84. The third kappa shape index (κ3) is 8.05. The molecule has 2 rings (SSSR count). The van der Waals surface area contributed by atoms with Crippen LogP contribution in [0.25, 0.3) is 6.08 Å². The molecule has 1 aromatic heterocycles. The maximum absolute atomic E-state index is 12.7. The van der Waals surface area contributed by atoms with Gasteiger partial charge in [-0.15, -0.1) is 0 Å². The van der Waals surface area contributed by atoms with Crippen molar-refractivity contribution in [3.8, 4) is 0 Å². The van der Waals surface area contributed by atoms with Crippen LogP contribution >= 0.6 is 0 Å². The molecule has 1 saturated heterocycles. The van der Waals surface area contributed by atoms with E-state index in [-0.39, 0.29) is 12.5 Å². The van der Waals surface area contributed by atoms with Gasteiger partial charge in [0.1, 0.15) is 23.9 Å². The summed E-state index contributed by atoms with van der Waals surface area (Å²) in [4.78, 5) is 62.4. The van der Waals surface area contributed by atoms with Crippen molar-refractivity contribution >= 4 is 35.7 Å². The average molecular weight is 477 g/mol. The predicted octanol–water partition coefficient (Wildman–Crippen LogP) is 0.520. The molecular formula is C23H32N4O7. The Hall–Kier alpha value is -3.63.